The first kappa shape index (κ1) is 25.6. The Hall–Kier alpha value is -3.53. The summed E-state index contributed by atoms with van der Waals surface area (Å²) in [6.45, 7) is 3.20. The molecule has 0 spiro atoms. The maximum Gasteiger partial charge on any atom is 0.255 e. The number of benzene rings is 1. The lowest BCUT2D eigenvalue weighted by atomic mass is 9.60. The Morgan fingerprint density at radius 3 is 2.58 bits per heavy atom. The van der Waals surface area contributed by atoms with E-state index in [1.807, 2.05) is 0 Å². The number of aliphatic hydroxyl groups excluding tert-OH is 1. The number of anilines is 1. The third-order valence-corrected chi connectivity index (χ3v) is 7.34. The van der Waals surface area contributed by atoms with Gasteiger partial charge in [0.1, 0.15) is 17.1 Å². The molecule has 5 N–H and O–H groups in total. The molecule has 0 radical (unpaired) electrons. The highest BCUT2D eigenvalue weighted by atomic mass is 19.3. The number of allylic oxidation sites excluding steroid dienone is 3. The Bertz CT molecular complexity index is 1230. The van der Waals surface area contributed by atoms with Crippen LogP contribution >= 0.6 is 0 Å². The SMILES string of the molecule is C=CC1=C2C(=O)c3c(O)c(CNCC(F)F)cc(N(C)C)c3CC2CC2CC(=O)C(C(N)=O)=C(O)C12. The van der Waals surface area contributed by atoms with E-state index in [-0.39, 0.29) is 36.1 Å². The molecule has 0 aliphatic heterocycles. The molecule has 0 heterocycles. The summed E-state index contributed by atoms with van der Waals surface area (Å²) in [5.74, 6) is -4.16. The number of rotatable bonds is 7. The predicted molar refractivity (Wildman–Crippen MR) is 129 cm³/mol. The van der Waals surface area contributed by atoms with Gasteiger partial charge in [-0.2, -0.15) is 0 Å². The highest BCUT2D eigenvalue weighted by Crippen LogP contribution is 2.52. The third-order valence-electron chi connectivity index (χ3n) is 7.34. The van der Waals surface area contributed by atoms with Gasteiger partial charge in [-0.1, -0.05) is 12.7 Å². The van der Waals surface area contributed by atoms with Crippen molar-refractivity contribution in [3.8, 4) is 5.75 Å². The second-order valence-electron chi connectivity index (χ2n) is 9.70. The van der Waals surface area contributed by atoms with Crippen LogP contribution in [-0.4, -0.2) is 54.8 Å². The van der Waals surface area contributed by atoms with Gasteiger partial charge in [0.25, 0.3) is 12.3 Å². The molecule has 0 aromatic heterocycles. The van der Waals surface area contributed by atoms with E-state index in [2.05, 4.69) is 11.9 Å². The normalized spacial score (nSPS) is 23.4. The molecule has 3 atom stereocenters. The number of alkyl halides is 2. The smallest absolute Gasteiger partial charge is 0.255 e. The number of hydrogen-bond donors (Lipinski definition) is 4. The zero-order valence-electron chi connectivity index (χ0n) is 20.1. The van der Waals surface area contributed by atoms with Gasteiger partial charge < -0.3 is 26.2 Å². The number of fused-ring (bicyclic) bond motifs is 3. The van der Waals surface area contributed by atoms with Crippen LogP contribution in [0.25, 0.3) is 0 Å². The second-order valence-corrected chi connectivity index (χ2v) is 9.70. The Balaban J connectivity index is 1.88. The molecule has 36 heavy (non-hydrogen) atoms. The van der Waals surface area contributed by atoms with Gasteiger partial charge in [-0.25, -0.2) is 8.78 Å². The van der Waals surface area contributed by atoms with E-state index in [1.54, 1.807) is 25.1 Å². The number of Topliss-reactive ketones (excluding diaryl/α,β-unsaturated/α-hetero) is 2. The summed E-state index contributed by atoms with van der Waals surface area (Å²) in [6, 6.07) is 1.69. The number of amides is 1. The van der Waals surface area contributed by atoms with Gasteiger partial charge in [0.2, 0.25) is 0 Å². The number of nitrogens with two attached hydrogens (primary N) is 1. The Labute approximate surface area is 207 Å². The number of carbonyl (C=O) groups is 3. The number of halogens is 2. The molecule has 0 saturated heterocycles. The molecule has 0 bridgehead atoms. The van der Waals surface area contributed by atoms with Crippen molar-refractivity contribution in [3.63, 3.8) is 0 Å². The number of aromatic hydroxyl groups is 1. The highest BCUT2D eigenvalue weighted by molar-refractivity contribution is 6.20. The van der Waals surface area contributed by atoms with Gasteiger partial charge in [0, 0.05) is 49.8 Å². The van der Waals surface area contributed by atoms with Crippen LogP contribution in [0.1, 0.15) is 34.3 Å². The van der Waals surface area contributed by atoms with Gasteiger partial charge in [-0.05, 0) is 41.9 Å². The number of primary amides is 1. The van der Waals surface area contributed by atoms with Crippen LogP contribution in [0, 0.1) is 17.8 Å². The molecule has 3 aliphatic rings. The lowest BCUT2D eigenvalue weighted by molar-refractivity contribution is -0.123. The topological polar surface area (TPSA) is 133 Å². The van der Waals surface area contributed by atoms with Crippen molar-refractivity contribution in [1.82, 2.24) is 5.32 Å². The summed E-state index contributed by atoms with van der Waals surface area (Å²) in [6.07, 6.45) is -0.301. The van der Waals surface area contributed by atoms with E-state index in [1.165, 1.54) is 6.08 Å². The minimum Gasteiger partial charge on any atom is -0.511 e. The van der Waals surface area contributed by atoms with Crippen molar-refractivity contribution >= 4 is 23.2 Å². The number of ketones is 2. The van der Waals surface area contributed by atoms with Gasteiger partial charge in [0.15, 0.2) is 11.6 Å². The molecule has 1 aromatic rings. The Morgan fingerprint density at radius 1 is 1.31 bits per heavy atom. The monoisotopic (exact) mass is 501 g/mol. The number of hydrogen-bond acceptors (Lipinski definition) is 7. The summed E-state index contributed by atoms with van der Waals surface area (Å²) in [5.41, 5.74) is 7.37. The standard InChI is InChI=1S/C26H29F2N3O5/c1-4-14-19-11(5-12-8-17(32)22(26(29)36)25(35)20(12)14)6-15-16(31(2)3)7-13(9-30-10-18(27)28)23(33)21(15)24(19)34/h4,7,11-12,18,20,30,33,35H,1,5-6,8-10H2,2-3H3,(H2,29,36). The average molecular weight is 502 g/mol. The van der Waals surface area contributed by atoms with Crippen LogP contribution in [0.3, 0.4) is 0 Å². The number of carbonyl (C=O) groups excluding carboxylic acids is 3. The summed E-state index contributed by atoms with van der Waals surface area (Å²) in [4.78, 5) is 40.1. The second kappa shape index (κ2) is 9.50. The predicted octanol–water partition coefficient (Wildman–Crippen LogP) is 2.56. The molecular weight excluding hydrogens is 472 g/mol. The fourth-order valence-corrected chi connectivity index (χ4v) is 5.92. The molecule has 0 fully saturated rings. The van der Waals surface area contributed by atoms with E-state index < -0.39 is 47.7 Å². The fourth-order valence-electron chi connectivity index (χ4n) is 5.92. The van der Waals surface area contributed by atoms with Crippen molar-refractivity contribution < 1.29 is 33.4 Å². The average Bonchev–Trinajstić information content (AvgIpc) is 2.78. The van der Waals surface area contributed by atoms with E-state index in [0.29, 0.717) is 40.8 Å². The molecule has 0 saturated carbocycles. The maximum absolute atomic E-state index is 13.9. The van der Waals surface area contributed by atoms with Crippen molar-refractivity contribution in [3.05, 3.63) is 57.9 Å². The van der Waals surface area contributed by atoms with Crippen LogP contribution in [0.2, 0.25) is 0 Å². The molecule has 1 amide bonds. The van der Waals surface area contributed by atoms with E-state index in [0.717, 1.165) is 0 Å². The van der Waals surface area contributed by atoms with E-state index in [9.17, 15) is 33.4 Å². The summed E-state index contributed by atoms with van der Waals surface area (Å²) in [7, 11) is 3.58. The first-order valence-electron chi connectivity index (χ1n) is 11.7. The lowest BCUT2D eigenvalue weighted by Crippen LogP contribution is -2.41. The van der Waals surface area contributed by atoms with Gasteiger partial charge in [0.05, 0.1) is 12.1 Å². The van der Waals surface area contributed by atoms with Crippen LogP contribution in [0.4, 0.5) is 14.5 Å². The molecule has 3 aliphatic carbocycles. The minimum atomic E-state index is -2.57. The van der Waals surface area contributed by atoms with E-state index >= 15 is 0 Å². The number of nitrogens with zero attached hydrogens (tertiary/aromatic N) is 1. The number of phenolic OH excluding ortho intramolecular Hbond substituents is 1. The highest BCUT2D eigenvalue weighted by Gasteiger charge is 2.48. The van der Waals surface area contributed by atoms with Crippen LogP contribution < -0.4 is 16.0 Å². The van der Waals surface area contributed by atoms with Crippen LogP contribution in [0.15, 0.2) is 41.2 Å². The van der Waals surface area contributed by atoms with Crippen molar-refractivity contribution in [1.29, 1.82) is 0 Å². The van der Waals surface area contributed by atoms with Gasteiger partial charge in [-0.15, -0.1) is 0 Å². The largest absolute Gasteiger partial charge is 0.511 e. The number of nitrogens with one attached hydrogen (secondary N) is 1. The molecule has 10 heteroatoms. The first-order valence-corrected chi connectivity index (χ1v) is 11.7. The zero-order valence-corrected chi connectivity index (χ0v) is 20.1. The van der Waals surface area contributed by atoms with Crippen LogP contribution in [0.5, 0.6) is 5.75 Å². The van der Waals surface area contributed by atoms with Crippen molar-refractivity contribution in [2.24, 2.45) is 23.5 Å². The minimum absolute atomic E-state index is 0.00962. The molecule has 1 aromatic carbocycles. The third kappa shape index (κ3) is 4.09. The first-order chi connectivity index (χ1) is 17.0. The lowest BCUT2D eigenvalue weighted by Gasteiger charge is -2.43. The maximum atomic E-state index is 13.9. The fraction of sp³-hybridized carbons (Fsp3) is 0.423. The zero-order chi connectivity index (χ0) is 26.5. The van der Waals surface area contributed by atoms with Gasteiger partial charge >= 0.3 is 0 Å². The molecule has 3 unspecified atom stereocenters. The van der Waals surface area contributed by atoms with Crippen LogP contribution in [-0.2, 0) is 22.6 Å². The Morgan fingerprint density at radius 2 is 2.00 bits per heavy atom. The number of aliphatic hydroxyl groups is 1. The Kier molecular flexibility index (Phi) is 6.74. The molecule has 8 nitrogen and oxygen atoms in total. The summed E-state index contributed by atoms with van der Waals surface area (Å²) in [5, 5.41) is 24.5. The van der Waals surface area contributed by atoms with Gasteiger partial charge in [-0.3, -0.25) is 14.4 Å². The molecular formula is C26H29F2N3O5. The van der Waals surface area contributed by atoms with E-state index in [4.69, 9.17) is 5.73 Å². The number of phenols is 1. The van der Waals surface area contributed by atoms with Crippen molar-refractivity contribution in [2.45, 2.75) is 32.2 Å². The quantitative estimate of drug-likeness (QED) is 0.422. The summed E-state index contributed by atoms with van der Waals surface area (Å²) < 4.78 is 25.3. The summed E-state index contributed by atoms with van der Waals surface area (Å²) >= 11 is 0. The van der Waals surface area contributed by atoms with Crippen molar-refractivity contribution in [2.75, 3.05) is 25.5 Å². The molecule has 4 rings (SSSR count). The molecule has 192 valence electrons.